The molecule has 13 heavy (non-hydrogen) atoms. The molecule has 0 N–H and O–H groups in total. The Bertz CT molecular complexity index is 299. The van der Waals surface area contributed by atoms with Gasteiger partial charge in [0, 0.05) is 13.8 Å². The van der Waals surface area contributed by atoms with Crippen LogP contribution in [0.3, 0.4) is 0 Å². The molecule has 0 aliphatic rings. The fraction of sp³-hybridized carbons (Fsp3) is 0.250. The molecule has 5 heteroatoms. The van der Waals surface area contributed by atoms with E-state index in [2.05, 4.69) is 0 Å². The second-order valence-corrected chi connectivity index (χ2v) is 6.30. The van der Waals surface area contributed by atoms with E-state index in [4.69, 9.17) is 0 Å². The summed E-state index contributed by atoms with van der Waals surface area (Å²) in [5.74, 6) is 0. The van der Waals surface area contributed by atoms with Crippen molar-refractivity contribution in [1.29, 1.82) is 0 Å². The highest BCUT2D eigenvalue weighted by molar-refractivity contribution is 8.16. The van der Waals surface area contributed by atoms with Crippen LogP contribution in [0.5, 0.6) is 0 Å². The Morgan fingerprint density at radius 1 is 1.08 bits per heavy atom. The Hall–Kier alpha value is -0.260. The van der Waals surface area contributed by atoms with Gasteiger partial charge >= 0.3 is 0 Å². The van der Waals surface area contributed by atoms with E-state index in [0.717, 1.165) is 8.42 Å². The molecule has 0 bridgehead atoms. The van der Waals surface area contributed by atoms with E-state index in [1.54, 1.807) is 0 Å². The average Bonchev–Trinajstić information content (AvgIpc) is 2.33. The Morgan fingerprint density at radius 2 is 1.46 bits per heavy atom. The topological polar surface area (TPSA) is 34.1 Å². The minimum Gasteiger partial charge on any atom is -0.287 e. The highest BCUT2D eigenvalue weighted by Crippen LogP contribution is 2.33. The van der Waals surface area contributed by atoms with Crippen LogP contribution in [0.1, 0.15) is 13.8 Å². The van der Waals surface area contributed by atoms with Crippen molar-refractivity contribution >= 4 is 45.1 Å². The van der Waals surface area contributed by atoms with E-state index in [1.807, 2.05) is 12.1 Å². The van der Waals surface area contributed by atoms with Crippen LogP contribution >= 0.6 is 34.9 Å². The first-order chi connectivity index (χ1) is 6.08. The fourth-order valence-corrected chi connectivity index (χ4v) is 3.74. The number of carbonyl (C=O) groups is 2. The largest absolute Gasteiger partial charge is 0.287 e. The van der Waals surface area contributed by atoms with Crippen molar-refractivity contribution in [3.8, 4) is 0 Å². The molecule has 1 aromatic heterocycles. The van der Waals surface area contributed by atoms with Crippen LogP contribution in [0, 0.1) is 0 Å². The molecular weight excluding hydrogens is 224 g/mol. The maximum atomic E-state index is 10.7. The van der Waals surface area contributed by atoms with Gasteiger partial charge < -0.3 is 0 Å². The van der Waals surface area contributed by atoms with Crippen LogP contribution < -0.4 is 0 Å². The van der Waals surface area contributed by atoms with Gasteiger partial charge in [0.05, 0.1) is 8.42 Å². The lowest BCUT2D eigenvalue weighted by Gasteiger charge is -1.89. The molecule has 0 amide bonds. The van der Waals surface area contributed by atoms with E-state index in [1.165, 1.54) is 48.7 Å². The zero-order chi connectivity index (χ0) is 9.84. The Balaban J connectivity index is 2.63. The van der Waals surface area contributed by atoms with Crippen LogP contribution in [0.2, 0.25) is 0 Å². The third-order valence-corrected chi connectivity index (χ3v) is 3.97. The first-order valence-corrected chi connectivity index (χ1v) is 5.99. The van der Waals surface area contributed by atoms with Crippen LogP contribution in [0.25, 0.3) is 0 Å². The van der Waals surface area contributed by atoms with Gasteiger partial charge in [0.25, 0.3) is 0 Å². The first kappa shape index (κ1) is 10.8. The Labute approximate surface area is 89.1 Å². The average molecular weight is 232 g/mol. The first-order valence-electron chi connectivity index (χ1n) is 3.54. The van der Waals surface area contributed by atoms with Crippen molar-refractivity contribution in [3.05, 3.63) is 12.1 Å². The second-order valence-electron chi connectivity index (χ2n) is 2.26. The highest BCUT2D eigenvalue weighted by atomic mass is 32.2. The molecule has 0 fully saturated rings. The maximum absolute atomic E-state index is 10.7. The lowest BCUT2D eigenvalue weighted by Crippen LogP contribution is -1.76. The Kier molecular flexibility index (Phi) is 4.02. The van der Waals surface area contributed by atoms with Gasteiger partial charge in [-0.3, -0.25) is 9.59 Å². The molecule has 0 spiro atoms. The molecule has 0 aromatic carbocycles. The van der Waals surface area contributed by atoms with Crippen molar-refractivity contribution in [3.63, 3.8) is 0 Å². The highest BCUT2D eigenvalue weighted by Gasteiger charge is 2.05. The molecule has 0 unspecified atom stereocenters. The maximum Gasteiger partial charge on any atom is 0.191 e. The van der Waals surface area contributed by atoms with E-state index in [-0.39, 0.29) is 10.2 Å². The minimum atomic E-state index is 0.0706. The zero-order valence-electron chi connectivity index (χ0n) is 7.20. The van der Waals surface area contributed by atoms with Gasteiger partial charge in [-0.25, -0.2) is 0 Å². The van der Waals surface area contributed by atoms with Crippen LogP contribution in [-0.4, -0.2) is 10.2 Å². The molecule has 1 rings (SSSR count). The van der Waals surface area contributed by atoms with Crippen molar-refractivity contribution < 1.29 is 9.59 Å². The molecule has 0 aliphatic carbocycles. The van der Waals surface area contributed by atoms with Gasteiger partial charge in [0.1, 0.15) is 0 Å². The smallest absolute Gasteiger partial charge is 0.191 e. The van der Waals surface area contributed by atoms with E-state index >= 15 is 0 Å². The number of hydrogen-bond acceptors (Lipinski definition) is 5. The van der Waals surface area contributed by atoms with Gasteiger partial charge in [0.15, 0.2) is 10.2 Å². The van der Waals surface area contributed by atoms with Crippen LogP contribution in [0.4, 0.5) is 0 Å². The number of rotatable bonds is 2. The quantitative estimate of drug-likeness (QED) is 0.734. The van der Waals surface area contributed by atoms with E-state index in [9.17, 15) is 9.59 Å². The zero-order valence-corrected chi connectivity index (χ0v) is 9.65. The van der Waals surface area contributed by atoms with Gasteiger partial charge in [-0.1, -0.05) is 0 Å². The van der Waals surface area contributed by atoms with Crippen molar-refractivity contribution in [2.24, 2.45) is 0 Å². The summed E-state index contributed by atoms with van der Waals surface area (Å²) in [6, 6.07) is 3.73. The van der Waals surface area contributed by atoms with Crippen molar-refractivity contribution in [2.75, 3.05) is 0 Å². The van der Waals surface area contributed by atoms with E-state index in [0.29, 0.717) is 0 Å². The molecule has 0 atom stereocenters. The summed E-state index contributed by atoms with van der Waals surface area (Å²) >= 11 is 3.88. The van der Waals surface area contributed by atoms with Crippen LogP contribution in [0.15, 0.2) is 20.6 Å². The molecule has 1 heterocycles. The lowest BCUT2D eigenvalue weighted by molar-refractivity contribution is -0.109. The minimum absolute atomic E-state index is 0.0706. The monoisotopic (exact) mass is 232 g/mol. The number of thiophene rings is 1. The predicted octanol–water partition coefficient (Wildman–Crippen LogP) is 3.03. The van der Waals surface area contributed by atoms with Gasteiger partial charge in [-0.15, -0.1) is 11.3 Å². The standard InChI is InChI=1S/C8H8O2S3/c1-5(9)11-7-3-4-8(13-7)12-6(2)10/h3-4H,1-2H3. The molecular formula is C8H8O2S3. The summed E-state index contributed by atoms with van der Waals surface area (Å²) < 4.78 is 1.88. The normalized spacial score (nSPS) is 10.0. The third kappa shape index (κ3) is 3.97. The molecule has 0 aliphatic heterocycles. The van der Waals surface area contributed by atoms with Crippen molar-refractivity contribution in [2.45, 2.75) is 22.3 Å². The third-order valence-electron chi connectivity index (χ3n) is 1.05. The van der Waals surface area contributed by atoms with Gasteiger partial charge in [0.2, 0.25) is 0 Å². The van der Waals surface area contributed by atoms with Gasteiger partial charge in [-0.05, 0) is 35.7 Å². The fourth-order valence-electron chi connectivity index (χ4n) is 0.696. The predicted molar refractivity (Wildman–Crippen MR) is 57.4 cm³/mol. The second kappa shape index (κ2) is 4.83. The number of thioether (sulfide) groups is 2. The summed E-state index contributed by atoms with van der Waals surface area (Å²) in [6.07, 6.45) is 0. The van der Waals surface area contributed by atoms with E-state index < -0.39 is 0 Å². The molecule has 70 valence electrons. The summed E-state index contributed by atoms with van der Waals surface area (Å²) in [7, 11) is 0. The molecule has 2 nitrogen and oxygen atoms in total. The molecule has 0 saturated heterocycles. The summed E-state index contributed by atoms with van der Waals surface area (Å²) in [4.78, 5) is 21.5. The molecule has 0 radical (unpaired) electrons. The molecule has 0 saturated carbocycles. The van der Waals surface area contributed by atoms with Gasteiger partial charge in [-0.2, -0.15) is 0 Å². The molecule has 1 aromatic rings. The lowest BCUT2D eigenvalue weighted by atomic mass is 10.7. The SMILES string of the molecule is CC(=O)Sc1ccc(SC(C)=O)s1. The number of hydrogen-bond donors (Lipinski definition) is 0. The summed E-state index contributed by atoms with van der Waals surface area (Å²) in [5, 5.41) is 0.141. The summed E-state index contributed by atoms with van der Waals surface area (Å²) in [6.45, 7) is 3.06. The number of carbonyl (C=O) groups excluding carboxylic acids is 2. The van der Waals surface area contributed by atoms with Crippen LogP contribution in [-0.2, 0) is 9.59 Å². The Morgan fingerprint density at radius 3 is 1.77 bits per heavy atom. The summed E-state index contributed by atoms with van der Waals surface area (Å²) in [5.41, 5.74) is 0. The van der Waals surface area contributed by atoms with Crippen molar-refractivity contribution in [1.82, 2.24) is 0 Å².